The number of alkyl halides is 5. The van der Waals surface area contributed by atoms with Crippen LogP contribution in [-0.4, -0.2) is 35.0 Å². The quantitative estimate of drug-likeness (QED) is 0.308. The zero-order chi connectivity index (χ0) is 28.7. The number of aliphatic carboxylic acids is 1. The lowest BCUT2D eigenvalue weighted by Crippen LogP contribution is -2.45. The van der Waals surface area contributed by atoms with Gasteiger partial charge in [-0.05, 0) is 77.9 Å². The van der Waals surface area contributed by atoms with Crippen molar-refractivity contribution in [3.8, 4) is 11.1 Å². The van der Waals surface area contributed by atoms with Crippen LogP contribution in [0.1, 0.15) is 66.8 Å². The third-order valence-electron chi connectivity index (χ3n) is 8.25. The third-order valence-corrected chi connectivity index (χ3v) is 8.25. The fourth-order valence-corrected chi connectivity index (χ4v) is 6.37. The first-order chi connectivity index (χ1) is 18.9. The summed E-state index contributed by atoms with van der Waals surface area (Å²) < 4.78 is 83.5. The molecule has 0 amide bonds. The van der Waals surface area contributed by atoms with Crippen LogP contribution in [0.25, 0.3) is 11.1 Å². The average molecular weight is 562 g/mol. The van der Waals surface area contributed by atoms with Crippen LogP contribution in [0, 0.1) is 5.82 Å². The van der Waals surface area contributed by atoms with E-state index in [4.69, 9.17) is 0 Å². The van der Waals surface area contributed by atoms with Crippen molar-refractivity contribution in [3.63, 3.8) is 0 Å². The number of halogens is 6. The SMILES string of the molecule is O=C(O)C1(c2cccc(C(c3ccc(F)cc3)N3CCCC(F)(F)C3)c2-c2ccc(C(F)(F)F)cc2)CCCC1. The first-order valence-electron chi connectivity index (χ1n) is 13.3. The molecule has 1 saturated carbocycles. The van der Waals surface area contributed by atoms with Crippen molar-refractivity contribution in [3.05, 3.63) is 94.8 Å². The molecule has 0 bridgehead atoms. The number of rotatable bonds is 6. The van der Waals surface area contributed by atoms with E-state index < -0.39 is 47.5 Å². The molecule has 1 saturated heterocycles. The Hall–Kier alpha value is -3.33. The van der Waals surface area contributed by atoms with E-state index in [1.807, 2.05) is 0 Å². The van der Waals surface area contributed by atoms with Gasteiger partial charge in [0.1, 0.15) is 5.82 Å². The van der Waals surface area contributed by atoms with Crippen molar-refractivity contribution < 1.29 is 36.2 Å². The van der Waals surface area contributed by atoms with Gasteiger partial charge in [0.15, 0.2) is 0 Å². The van der Waals surface area contributed by atoms with Crippen LogP contribution in [0.3, 0.4) is 0 Å². The number of carboxylic acid groups (broad SMARTS) is 1. The minimum absolute atomic E-state index is 0.221. The molecule has 3 aromatic rings. The summed E-state index contributed by atoms with van der Waals surface area (Å²) in [5.41, 5.74) is 0.133. The molecule has 3 aromatic carbocycles. The maximum atomic E-state index is 14.7. The molecule has 1 aliphatic heterocycles. The van der Waals surface area contributed by atoms with E-state index >= 15 is 0 Å². The van der Waals surface area contributed by atoms with Crippen molar-refractivity contribution in [2.24, 2.45) is 0 Å². The highest BCUT2D eigenvalue weighted by Crippen LogP contribution is 2.49. The highest BCUT2D eigenvalue weighted by molar-refractivity contribution is 5.87. The van der Waals surface area contributed by atoms with E-state index in [9.17, 15) is 36.2 Å². The Labute approximate surface area is 228 Å². The van der Waals surface area contributed by atoms with Gasteiger partial charge in [-0.25, -0.2) is 13.2 Å². The standard InChI is InChI=1S/C31H29F6NO2/c32-23-13-9-21(10-14-23)27(38-18-4-17-30(33,34)19-38)24-5-3-6-25(29(28(39)40)15-1-2-16-29)26(24)20-7-11-22(12-8-20)31(35,36)37/h3,5-14,27H,1-2,4,15-19H2,(H,39,40). The van der Waals surface area contributed by atoms with Crippen LogP contribution in [0.15, 0.2) is 66.7 Å². The van der Waals surface area contributed by atoms with Gasteiger partial charge < -0.3 is 5.11 Å². The second kappa shape index (κ2) is 10.6. The van der Waals surface area contributed by atoms with E-state index in [-0.39, 0.29) is 12.8 Å². The topological polar surface area (TPSA) is 40.5 Å². The largest absolute Gasteiger partial charge is 0.481 e. The lowest BCUT2D eigenvalue weighted by atomic mass is 9.73. The minimum Gasteiger partial charge on any atom is -0.481 e. The molecule has 1 N–H and O–H groups in total. The lowest BCUT2D eigenvalue weighted by molar-refractivity contribution is -0.143. The Balaban J connectivity index is 1.77. The maximum absolute atomic E-state index is 14.7. The molecule has 40 heavy (non-hydrogen) atoms. The molecular formula is C31H29F6NO2. The Morgan fingerprint density at radius 2 is 1.52 bits per heavy atom. The van der Waals surface area contributed by atoms with Crippen molar-refractivity contribution in [1.82, 2.24) is 4.90 Å². The second-order valence-corrected chi connectivity index (χ2v) is 10.8. The number of hydrogen-bond acceptors (Lipinski definition) is 2. The molecule has 1 atom stereocenters. The average Bonchev–Trinajstić information content (AvgIpc) is 3.41. The Kier molecular flexibility index (Phi) is 7.46. The molecule has 0 spiro atoms. The highest BCUT2D eigenvalue weighted by Gasteiger charge is 2.46. The van der Waals surface area contributed by atoms with Crippen molar-refractivity contribution in [2.45, 2.75) is 62.1 Å². The number of carboxylic acids is 1. The fourth-order valence-electron chi connectivity index (χ4n) is 6.37. The summed E-state index contributed by atoms with van der Waals surface area (Å²) >= 11 is 0. The summed E-state index contributed by atoms with van der Waals surface area (Å²) in [6, 6.07) is 14.3. The molecular weight excluding hydrogens is 532 g/mol. The van der Waals surface area contributed by atoms with Crippen LogP contribution in [0.4, 0.5) is 26.3 Å². The molecule has 0 aromatic heterocycles. The van der Waals surface area contributed by atoms with Gasteiger partial charge in [-0.2, -0.15) is 13.2 Å². The number of likely N-dealkylation sites (tertiary alicyclic amines) is 1. The summed E-state index contributed by atoms with van der Waals surface area (Å²) in [5, 5.41) is 10.4. The van der Waals surface area contributed by atoms with E-state index in [2.05, 4.69) is 0 Å². The van der Waals surface area contributed by atoms with Gasteiger partial charge in [0.05, 0.1) is 23.6 Å². The molecule has 2 aliphatic rings. The van der Waals surface area contributed by atoms with Gasteiger partial charge in [0.2, 0.25) is 0 Å². The van der Waals surface area contributed by atoms with Gasteiger partial charge in [0, 0.05) is 6.42 Å². The Bertz CT molecular complexity index is 1360. The highest BCUT2D eigenvalue weighted by atomic mass is 19.4. The molecule has 3 nitrogen and oxygen atoms in total. The summed E-state index contributed by atoms with van der Waals surface area (Å²) in [7, 11) is 0. The Morgan fingerprint density at radius 3 is 2.10 bits per heavy atom. The number of piperidine rings is 1. The van der Waals surface area contributed by atoms with Gasteiger partial charge in [-0.15, -0.1) is 0 Å². The van der Waals surface area contributed by atoms with Gasteiger partial charge >= 0.3 is 12.1 Å². The fraction of sp³-hybridized carbons (Fsp3) is 0.387. The molecule has 0 radical (unpaired) electrons. The van der Waals surface area contributed by atoms with Crippen molar-refractivity contribution >= 4 is 5.97 Å². The molecule has 212 valence electrons. The van der Waals surface area contributed by atoms with Crippen LogP contribution >= 0.6 is 0 Å². The van der Waals surface area contributed by atoms with E-state index in [1.54, 1.807) is 23.1 Å². The van der Waals surface area contributed by atoms with Crippen LogP contribution < -0.4 is 0 Å². The van der Waals surface area contributed by atoms with Gasteiger partial charge in [-0.1, -0.05) is 55.3 Å². The Morgan fingerprint density at radius 1 is 0.875 bits per heavy atom. The number of benzene rings is 3. The third kappa shape index (κ3) is 5.36. The molecule has 9 heteroatoms. The number of nitrogens with zero attached hydrogens (tertiary/aromatic N) is 1. The lowest BCUT2D eigenvalue weighted by Gasteiger charge is -2.40. The van der Waals surface area contributed by atoms with Crippen LogP contribution in [-0.2, 0) is 16.4 Å². The summed E-state index contributed by atoms with van der Waals surface area (Å²) in [6.45, 7) is -0.242. The van der Waals surface area contributed by atoms with E-state index in [1.165, 1.54) is 36.4 Å². The smallest absolute Gasteiger partial charge is 0.416 e. The minimum atomic E-state index is -4.56. The monoisotopic (exact) mass is 561 g/mol. The first kappa shape index (κ1) is 28.2. The molecule has 1 unspecified atom stereocenters. The van der Waals surface area contributed by atoms with Gasteiger partial charge in [0.25, 0.3) is 5.92 Å². The van der Waals surface area contributed by atoms with Crippen LogP contribution in [0.2, 0.25) is 0 Å². The maximum Gasteiger partial charge on any atom is 0.416 e. The second-order valence-electron chi connectivity index (χ2n) is 10.8. The van der Waals surface area contributed by atoms with E-state index in [0.29, 0.717) is 60.0 Å². The molecule has 2 fully saturated rings. The number of hydrogen-bond donors (Lipinski definition) is 1. The molecule has 5 rings (SSSR count). The predicted octanol–water partition coefficient (Wildman–Crippen LogP) is 8.23. The summed E-state index contributed by atoms with van der Waals surface area (Å²) in [5.74, 6) is -4.49. The van der Waals surface area contributed by atoms with E-state index in [0.717, 1.165) is 12.1 Å². The van der Waals surface area contributed by atoms with Gasteiger partial charge in [-0.3, -0.25) is 9.69 Å². The first-order valence-corrected chi connectivity index (χ1v) is 13.3. The zero-order valence-electron chi connectivity index (χ0n) is 21.7. The normalized spacial score (nSPS) is 19.9. The predicted molar refractivity (Wildman–Crippen MR) is 139 cm³/mol. The molecule has 1 aliphatic carbocycles. The summed E-state index contributed by atoms with van der Waals surface area (Å²) in [4.78, 5) is 14.4. The van der Waals surface area contributed by atoms with Crippen LogP contribution in [0.5, 0.6) is 0 Å². The van der Waals surface area contributed by atoms with Crippen molar-refractivity contribution in [1.29, 1.82) is 0 Å². The van der Waals surface area contributed by atoms with Crippen molar-refractivity contribution in [2.75, 3.05) is 13.1 Å². The zero-order valence-corrected chi connectivity index (χ0v) is 21.7. The summed E-state index contributed by atoms with van der Waals surface area (Å²) in [6.07, 6.45) is -2.58. The molecule has 1 heterocycles. The number of carbonyl (C=O) groups is 1.